The molecule has 2 aromatic rings. The molecule has 1 aliphatic carbocycles. The van der Waals surface area contributed by atoms with Crippen LogP contribution in [0, 0.1) is 0 Å². The second-order valence-electron chi connectivity index (χ2n) is 8.09. The van der Waals surface area contributed by atoms with Gasteiger partial charge in [-0.2, -0.15) is 0 Å². The van der Waals surface area contributed by atoms with Crippen LogP contribution in [0.3, 0.4) is 0 Å². The van der Waals surface area contributed by atoms with E-state index in [0.29, 0.717) is 6.54 Å². The summed E-state index contributed by atoms with van der Waals surface area (Å²) in [5, 5.41) is 11.7. The number of unbranched alkanes of at least 4 members (excludes halogenated alkanes) is 2. The monoisotopic (exact) mass is 438 g/mol. The smallest absolute Gasteiger partial charge is 0.407 e. The molecule has 1 atom stereocenters. The maximum Gasteiger partial charge on any atom is 0.407 e. The average Bonchev–Trinajstić information content (AvgIpc) is 3.10. The van der Waals surface area contributed by atoms with Crippen molar-refractivity contribution in [3.63, 3.8) is 0 Å². The molecule has 170 valence electrons. The molecule has 0 heterocycles. The molecule has 7 nitrogen and oxygen atoms in total. The number of carbonyl (C=O) groups excluding carboxylic acids is 2. The van der Waals surface area contributed by atoms with Crippen molar-refractivity contribution in [2.75, 3.05) is 20.2 Å². The first-order valence-corrected chi connectivity index (χ1v) is 11.0. The Morgan fingerprint density at radius 2 is 1.62 bits per heavy atom. The second kappa shape index (κ2) is 10.8. The first-order valence-electron chi connectivity index (χ1n) is 11.0. The van der Waals surface area contributed by atoms with Crippen molar-refractivity contribution in [1.82, 2.24) is 10.2 Å². The van der Waals surface area contributed by atoms with Crippen molar-refractivity contribution in [2.24, 2.45) is 0 Å². The van der Waals surface area contributed by atoms with E-state index in [9.17, 15) is 19.5 Å². The number of hydrogen-bond donors (Lipinski definition) is 2. The Morgan fingerprint density at radius 3 is 2.19 bits per heavy atom. The fraction of sp³-hybridized carbons (Fsp3) is 0.400. The molecule has 0 radical (unpaired) electrons. The average molecular weight is 439 g/mol. The van der Waals surface area contributed by atoms with E-state index in [1.165, 1.54) is 4.90 Å². The number of nitrogens with one attached hydrogen (secondary N) is 1. The van der Waals surface area contributed by atoms with E-state index in [-0.39, 0.29) is 12.5 Å². The molecule has 2 N–H and O–H groups in total. The topological polar surface area (TPSA) is 95.9 Å². The van der Waals surface area contributed by atoms with E-state index in [4.69, 9.17) is 4.74 Å². The van der Waals surface area contributed by atoms with Gasteiger partial charge in [0.25, 0.3) is 0 Å². The van der Waals surface area contributed by atoms with Crippen molar-refractivity contribution in [2.45, 2.75) is 44.6 Å². The van der Waals surface area contributed by atoms with E-state index in [1.807, 2.05) is 48.5 Å². The fourth-order valence-electron chi connectivity index (χ4n) is 4.13. The highest BCUT2D eigenvalue weighted by Gasteiger charge is 2.31. The summed E-state index contributed by atoms with van der Waals surface area (Å²) in [5.41, 5.74) is 4.39. The zero-order chi connectivity index (χ0) is 23.1. The number of carbonyl (C=O) groups is 3. The van der Waals surface area contributed by atoms with Crippen LogP contribution in [0.15, 0.2) is 48.5 Å². The third kappa shape index (κ3) is 5.46. The summed E-state index contributed by atoms with van der Waals surface area (Å²) >= 11 is 0. The normalized spacial score (nSPS) is 13.1. The van der Waals surface area contributed by atoms with Crippen LogP contribution in [0.1, 0.15) is 49.7 Å². The summed E-state index contributed by atoms with van der Waals surface area (Å²) in [7, 11) is 1.62. The molecule has 0 bridgehead atoms. The van der Waals surface area contributed by atoms with Crippen LogP contribution in [-0.4, -0.2) is 54.2 Å². The highest BCUT2D eigenvalue weighted by atomic mass is 16.5. The molecular weight excluding hydrogens is 408 g/mol. The molecule has 2 aromatic carbocycles. The molecule has 7 heteroatoms. The van der Waals surface area contributed by atoms with Gasteiger partial charge in [-0.3, -0.25) is 9.59 Å². The predicted octanol–water partition coefficient (Wildman–Crippen LogP) is 4.02. The van der Waals surface area contributed by atoms with Crippen molar-refractivity contribution < 1.29 is 24.2 Å². The first-order chi connectivity index (χ1) is 15.4. The number of benzene rings is 2. The van der Waals surface area contributed by atoms with E-state index >= 15 is 0 Å². The maximum absolute atomic E-state index is 12.7. The number of carboxylic acids is 1. The quantitative estimate of drug-likeness (QED) is 0.546. The van der Waals surface area contributed by atoms with Gasteiger partial charge in [-0.1, -0.05) is 68.3 Å². The Kier molecular flexibility index (Phi) is 7.87. The first kappa shape index (κ1) is 23.3. The molecular formula is C25H30N2O5. The lowest BCUT2D eigenvalue weighted by atomic mass is 9.98. The summed E-state index contributed by atoms with van der Waals surface area (Å²) in [4.78, 5) is 37.9. The van der Waals surface area contributed by atoms with Crippen LogP contribution in [0.4, 0.5) is 4.79 Å². The Morgan fingerprint density at radius 1 is 1.03 bits per heavy atom. The molecule has 0 saturated carbocycles. The van der Waals surface area contributed by atoms with E-state index in [2.05, 4.69) is 12.2 Å². The van der Waals surface area contributed by atoms with Crippen LogP contribution in [0.25, 0.3) is 11.1 Å². The lowest BCUT2D eigenvalue weighted by Crippen LogP contribution is -2.48. The number of ether oxygens (including phenoxy) is 1. The molecule has 32 heavy (non-hydrogen) atoms. The minimum absolute atomic E-state index is 0.0974. The standard InChI is InChI=1S/C25H30N2O5/c1-3-4-9-14-27(2)24(30)22(15-23(28)29)26-25(31)32-16-21-19-12-7-5-10-17(19)18-11-6-8-13-20(18)21/h5-8,10-13,21-22H,3-4,9,14-16H2,1-2H3,(H,26,31)(H,28,29). The maximum atomic E-state index is 12.7. The van der Waals surface area contributed by atoms with Crippen LogP contribution >= 0.6 is 0 Å². The fourth-order valence-corrected chi connectivity index (χ4v) is 4.13. The SMILES string of the molecule is CCCCCN(C)C(=O)C(CC(=O)O)NC(=O)OCC1c2ccccc2-c2ccccc21. The second-order valence-corrected chi connectivity index (χ2v) is 8.09. The Bertz CT molecular complexity index is 929. The summed E-state index contributed by atoms with van der Waals surface area (Å²) in [5.74, 6) is -1.71. The molecule has 0 aromatic heterocycles. The number of amides is 2. The zero-order valence-electron chi connectivity index (χ0n) is 18.5. The van der Waals surface area contributed by atoms with Gasteiger partial charge in [-0.05, 0) is 28.7 Å². The number of alkyl carbamates (subject to hydrolysis) is 1. The van der Waals surface area contributed by atoms with E-state index < -0.39 is 30.4 Å². The Hall–Kier alpha value is -3.35. The Labute approximate surface area is 188 Å². The number of carboxylic acid groups (broad SMARTS) is 1. The highest BCUT2D eigenvalue weighted by molar-refractivity contribution is 5.89. The lowest BCUT2D eigenvalue weighted by molar-refractivity contribution is -0.142. The summed E-state index contributed by atoms with van der Waals surface area (Å²) in [6, 6.07) is 14.8. The van der Waals surface area contributed by atoms with Gasteiger partial charge >= 0.3 is 12.1 Å². The van der Waals surface area contributed by atoms with Gasteiger partial charge in [0.15, 0.2) is 0 Å². The number of nitrogens with zero attached hydrogens (tertiary/aromatic N) is 1. The van der Waals surface area contributed by atoms with Crippen molar-refractivity contribution in [3.8, 4) is 11.1 Å². The zero-order valence-corrected chi connectivity index (χ0v) is 18.5. The summed E-state index contributed by atoms with van der Waals surface area (Å²) < 4.78 is 5.47. The van der Waals surface area contributed by atoms with E-state index in [0.717, 1.165) is 41.5 Å². The predicted molar refractivity (Wildman–Crippen MR) is 121 cm³/mol. The highest BCUT2D eigenvalue weighted by Crippen LogP contribution is 2.44. The summed E-state index contributed by atoms with van der Waals surface area (Å²) in [6.45, 7) is 2.67. The molecule has 0 fully saturated rings. The molecule has 1 unspecified atom stereocenters. The minimum atomic E-state index is -1.17. The third-order valence-electron chi connectivity index (χ3n) is 5.79. The third-order valence-corrected chi connectivity index (χ3v) is 5.79. The van der Waals surface area contributed by atoms with Crippen LogP contribution in [-0.2, 0) is 14.3 Å². The number of rotatable bonds is 10. The molecule has 0 saturated heterocycles. The van der Waals surface area contributed by atoms with Gasteiger partial charge in [-0.25, -0.2) is 4.79 Å². The number of likely N-dealkylation sites (N-methyl/N-ethyl adjacent to an activating group) is 1. The number of aliphatic carboxylic acids is 1. The minimum Gasteiger partial charge on any atom is -0.481 e. The molecule has 0 aliphatic heterocycles. The number of fused-ring (bicyclic) bond motifs is 3. The largest absolute Gasteiger partial charge is 0.481 e. The Balaban J connectivity index is 1.64. The lowest BCUT2D eigenvalue weighted by Gasteiger charge is -2.24. The van der Waals surface area contributed by atoms with Crippen molar-refractivity contribution in [3.05, 3.63) is 59.7 Å². The van der Waals surface area contributed by atoms with Crippen LogP contribution in [0.2, 0.25) is 0 Å². The van der Waals surface area contributed by atoms with Crippen molar-refractivity contribution in [1.29, 1.82) is 0 Å². The van der Waals surface area contributed by atoms with Crippen LogP contribution in [0.5, 0.6) is 0 Å². The number of hydrogen-bond acceptors (Lipinski definition) is 4. The van der Waals surface area contributed by atoms with Gasteiger partial charge in [-0.15, -0.1) is 0 Å². The summed E-state index contributed by atoms with van der Waals surface area (Å²) in [6.07, 6.45) is 1.51. The van der Waals surface area contributed by atoms with Gasteiger partial charge in [0.1, 0.15) is 12.6 Å². The molecule has 2 amide bonds. The van der Waals surface area contributed by atoms with Gasteiger partial charge in [0.2, 0.25) is 5.91 Å². The molecule has 1 aliphatic rings. The molecule has 3 rings (SSSR count). The van der Waals surface area contributed by atoms with Gasteiger partial charge in [0, 0.05) is 19.5 Å². The van der Waals surface area contributed by atoms with Crippen LogP contribution < -0.4 is 5.32 Å². The van der Waals surface area contributed by atoms with E-state index in [1.54, 1.807) is 7.05 Å². The van der Waals surface area contributed by atoms with Gasteiger partial charge in [0.05, 0.1) is 6.42 Å². The molecule has 0 spiro atoms. The van der Waals surface area contributed by atoms with Crippen molar-refractivity contribution >= 4 is 18.0 Å². The van der Waals surface area contributed by atoms with Gasteiger partial charge < -0.3 is 20.1 Å².